The van der Waals surface area contributed by atoms with Crippen molar-refractivity contribution in [2.45, 2.75) is 20.4 Å². The molecule has 2 aromatic heterocycles. The zero-order valence-electron chi connectivity index (χ0n) is 14.7. The zero-order valence-corrected chi connectivity index (χ0v) is 17.8. The van der Waals surface area contributed by atoms with Crippen molar-refractivity contribution in [1.29, 1.82) is 0 Å². The summed E-state index contributed by atoms with van der Waals surface area (Å²) < 4.78 is 0. The number of halogens is 1. The molecule has 6 nitrogen and oxygen atoms in total. The second kappa shape index (κ2) is 9.91. The molecule has 1 fully saturated rings. The lowest BCUT2D eigenvalue weighted by Gasteiger charge is -2.37. The average Bonchev–Trinajstić information content (AvgIpc) is 3.05. The van der Waals surface area contributed by atoms with Gasteiger partial charge in [0.15, 0.2) is 5.96 Å². The molecule has 0 aromatic carbocycles. The lowest BCUT2D eigenvalue weighted by Crippen LogP contribution is -2.52. The molecule has 3 rings (SSSR count). The van der Waals surface area contributed by atoms with Gasteiger partial charge in [-0.25, -0.2) is 15.0 Å². The van der Waals surface area contributed by atoms with Crippen LogP contribution in [0.25, 0.3) is 0 Å². The number of aliphatic imine (C=N–C) groups is 1. The predicted octanol–water partition coefficient (Wildman–Crippen LogP) is 2.75. The van der Waals surface area contributed by atoms with Crippen LogP contribution in [-0.2, 0) is 6.54 Å². The zero-order chi connectivity index (χ0) is 16.8. The van der Waals surface area contributed by atoms with E-state index in [0.717, 1.165) is 49.5 Å². The maximum Gasteiger partial charge on any atom is 0.194 e. The quantitative estimate of drug-likeness (QED) is 0.422. The number of rotatable bonds is 4. The van der Waals surface area contributed by atoms with Crippen molar-refractivity contribution < 1.29 is 0 Å². The molecule has 136 valence electrons. The first kappa shape index (κ1) is 19.9. The summed E-state index contributed by atoms with van der Waals surface area (Å²) in [7, 11) is 0. The van der Waals surface area contributed by atoms with Crippen LogP contribution in [0.3, 0.4) is 0 Å². The van der Waals surface area contributed by atoms with Gasteiger partial charge in [-0.05, 0) is 26.0 Å². The number of aryl methyl sites for hydroxylation is 1. The van der Waals surface area contributed by atoms with Gasteiger partial charge in [-0.1, -0.05) is 6.07 Å². The minimum absolute atomic E-state index is 0. The Bertz CT molecular complexity index is 667. The number of hydrogen-bond donors (Lipinski definition) is 1. The lowest BCUT2D eigenvalue weighted by molar-refractivity contribution is 0.371. The molecule has 0 spiro atoms. The standard InChI is InChI=1S/C17H24N6S.HI/c1-3-18-17(21-13-15-12-20-14(2)24-15)23-10-8-22(9-11-23)16-6-4-5-7-19-16;/h4-7,12H,3,8-11,13H2,1-2H3,(H,18,21);1H. The number of pyridine rings is 1. The summed E-state index contributed by atoms with van der Waals surface area (Å²) in [5, 5.41) is 4.50. The second-order valence-electron chi connectivity index (χ2n) is 5.68. The topological polar surface area (TPSA) is 56.7 Å². The summed E-state index contributed by atoms with van der Waals surface area (Å²) in [6.07, 6.45) is 3.77. The van der Waals surface area contributed by atoms with E-state index < -0.39 is 0 Å². The highest BCUT2D eigenvalue weighted by Crippen LogP contribution is 2.14. The molecule has 0 atom stereocenters. The highest BCUT2D eigenvalue weighted by molar-refractivity contribution is 14.0. The van der Waals surface area contributed by atoms with E-state index in [4.69, 9.17) is 4.99 Å². The Morgan fingerprint density at radius 2 is 2.04 bits per heavy atom. The van der Waals surface area contributed by atoms with Crippen LogP contribution in [-0.4, -0.2) is 53.6 Å². The lowest BCUT2D eigenvalue weighted by atomic mass is 10.3. The highest BCUT2D eigenvalue weighted by Gasteiger charge is 2.20. The molecule has 8 heteroatoms. The maximum atomic E-state index is 4.79. The van der Waals surface area contributed by atoms with Crippen molar-refractivity contribution >= 4 is 47.1 Å². The van der Waals surface area contributed by atoms with Crippen molar-refractivity contribution in [2.24, 2.45) is 4.99 Å². The maximum absolute atomic E-state index is 4.79. The summed E-state index contributed by atoms with van der Waals surface area (Å²) in [5.41, 5.74) is 0. The summed E-state index contributed by atoms with van der Waals surface area (Å²) in [5.74, 6) is 2.04. The fourth-order valence-corrected chi connectivity index (χ4v) is 3.46. The molecule has 25 heavy (non-hydrogen) atoms. The number of hydrogen-bond acceptors (Lipinski definition) is 5. The minimum Gasteiger partial charge on any atom is -0.357 e. The number of nitrogens with one attached hydrogen (secondary N) is 1. The van der Waals surface area contributed by atoms with Crippen molar-refractivity contribution in [1.82, 2.24) is 20.2 Å². The van der Waals surface area contributed by atoms with E-state index in [0.29, 0.717) is 6.54 Å². The van der Waals surface area contributed by atoms with Gasteiger partial charge in [-0.2, -0.15) is 0 Å². The van der Waals surface area contributed by atoms with Crippen LogP contribution in [0, 0.1) is 6.92 Å². The molecule has 1 aliphatic rings. The van der Waals surface area contributed by atoms with Gasteiger partial charge < -0.3 is 15.1 Å². The Balaban J connectivity index is 0.00000225. The average molecular weight is 472 g/mol. The van der Waals surface area contributed by atoms with Crippen LogP contribution in [0.2, 0.25) is 0 Å². The van der Waals surface area contributed by atoms with E-state index >= 15 is 0 Å². The smallest absolute Gasteiger partial charge is 0.194 e. The third-order valence-electron chi connectivity index (χ3n) is 3.94. The van der Waals surface area contributed by atoms with Gasteiger partial charge in [0.2, 0.25) is 0 Å². The predicted molar refractivity (Wildman–Crippen MR) is 115 cm³/mol. The van der Waals surface area contributed by atoms with Crippen LogP contribution in [0.15, 0.2) is 35.6 Å². The van der Waals surface area contributed by atoms with Crippen molar-refractivity contribution in [3.63, 3.8) is 0 Å². The van der Waals surface area contributed by atoms with E-state index in [1.165, 1.54) is 4.88 Å². The molecular formula is C17H25IN6S. The van der Waals surface area contributed by atoms with E-state index in [1.54, 1.807) is 11.3 Å². The third kappa shape index (κ3) is 5.53. The summed E-state index contributed by atoms with van der Waals surface area (Å²) >= 11 is 1.71. The number of anilines is 1. The minimum atomic E-state index is 0. The summed E-state index contributed by atoms with van der Waals surface area (Å²) in [6.45, 7) is 9.52. The van der Waals surface area contributed by atoms with Crippen LogP contribution >= 0.6 is 35.3 Å². The van der Waals surface area contributed by atoms with Crippen LogP contribution in [0.4, 0.5) is 5.82 Å². The molecule has 1 aliphatic heterocycles. The Hall–Kier alpha value is -1.42. The number of piperazine rings is 1. The van der Waals surface area contributed by atoms with Crippen molar-refractivity contribution in [3.05, 3.63) is 40.5 Å². The van der Waals surface area contributed by atoms with Gasteiger partial charge in [-0.3, -0.25) is 0 Å². The molecule has 0 bridgehead atoms. The molecule has 1 saturated heterocycles. The van der Waals surface area contributed by atoms with Crippen LogP contribution in [0.1, 0.15) is 16.8 Å². The van der Waals surface area contributed by atoms with Crippen LogP contribution < -0.4 is 10.2 Å². The molecule has 0 radical (unpaired) electrons. The summed E-state index contributed by atoms with van der Waals surface area (Å²) in [4.78, 5) is 19.4. The molecule has 0 saturated carbocycles. The summed E-state index contributed by atoms with van der Waals surface area (Å²) in [6, 6.07) is 6.06. The molecular weight excluding hydrogens is 447 g/mol. The monoisotopic (exact) mass is 472 g/mol. The van der Waals surface area contributed by atoms with Crippen molar-refractivity contribution in [3.8, 4) is 0 Å². The third-order valence-corrected chi connectivity index (χ3v) is 4.84. The molecule has 0 aliphatic carbocycles. The normalized spacial score (nSPS) is 15.0. The number of aromatic nitrogens is 2. The Kier molecular flexibility index (Phi) is 7.89. The fourth-order valence-electron chi connectivity index (χ4n) is 2.75. The van der Waals surface area contributed by atoms with Crippen LogP contribution in [0.5, 0.6) is 0 Å². The first-order chi connectivity index (χ1) is 11.8. The number of nitrogens with zero attached hydrogens (tertiary/aromatic N) is 5. The van der Waals surface area contributed by atoms with Gasteiger partial charge in [-0.15, -0.1) is 35.3 Å². The van der Waals surface area contributed by atoms with E-state index in [2.05, 4.69) is 38.1 Å². The Labute approximate surface area is 170 Å². The van der Waals surface area contributed by atoms with Gasteiger partial charge in [0.1, 0.15) is 5.82 Å². The SMILES string of the molecule is CCNC(=NCc1cnc(C)s1)N1CCN(c2ccccn2)CC1.I. The van der Waals surface area contributed by atoms with Gasteiger partial charge in [0.25, 0.3) is 0 Å². The van der Waals surface area contributed by atoms with Gasteiger partial charge in [0.05, 0.1) is 11.6 Å². The van der Waals surface area contributed by atoms with Gasteiger partial charge >= 0.3 is 0 Å². The molecule has 2 aromatic rings. The Morgan fingerprint density at radius 1 is 1.24 bits per heavy atom. The van der Waals surface area contributed by atoms with E-state index in [1.807, 2.05) is 31.5 Å². The van der Waals surface area contributed by atoms with Gasteiger partial charge in [0, 0.05) is 50.0 Å². The molecule has 3 heterocycles. The van der Waals surface area contributed by atoms with E-state index in [-0.39, 0.29) is 24.0 Å². The molecule has 0 amide bonds. The molecule has 1 N–H and O–H groups in total. The highest BCUT2D eigenvalue weighted by atomic mass is 127. The first-order valence-electron chi connectivity index (χ1n) is 8.37. The largest absolute Gasteiger partial charge is 0.357 e. The van der Waals surface area contributed by atoms with E-state index in [9.17, 15) is 0 Å². The first-order valence-corrected chi connectivity index (χ1v) is 9.18. The number of thiazole rings is 1. The Morgan fingerprint density at radius 3 is 2.64 bits per heavy atom. The fraction of sp³-hybridized carbons (Fsp3) is 0.471. The van der Waals surface area contributed by atoms with Crippen molar-refractivity contribution in [2.75, 3.05) is 37.6 Å². The molecule has 0 unspecified atom stereocenters. The number of guanidine groups is 1. The second-order valence-corrected chi connectivity index (χ2v) is 7.00.